The van der Waals surface area contributed by atoms with Crippen molar-refractivity contribution in [2.45, 2.75) is 4.90 Å². The van der Waals surface area contributed by atoms with E-state index in [2.05, 4.69) is 0 Å². The van der Waals surface area contributed by atoms with E-state index >= 15 is 0 Å². The maximum atomic E-state index is 13.0. The molecule has 0 bridgehead atoms. The standard InChI is InChI=1S/C12H8F2O3S2/c13-9-4-3-8(6-10(9)14)19(16,17)7-11(15)12-2-1-5-18-12/h1-6H,7H2. The first-order chi connectivity index (χ1) is 8.90. The van der Waals surface area contributed by atoms with Crippen LogP contribution >= 0.6 is 11.3 Å². The maximum Gasteiger partial charge on any atom is 0.188 e. The summed E-state index contributed by atoms with van der Waals surface area (Å²) < 4.78 is 49.5. The Kier molecular flexibility index (Phi) is 3.77. The molecule has 2 rings (SSSR count). The summed E-state index contributed by atoms with van der Waals surface area (Å²) in [6.45, 7) is 0. The Balaban J connectivity index is 2.28. The van der Waals surface area contributed by atoms with Crippen molar-refractivity contribution in [1.29, 1.82) is 0 Å². The number of Topliss-reactive ketones (excluding diaryl/α,β-unsaturated/α-hetero) is 1. The lowest BCUT2D eigenvalue weighted by atomic mass is 10.3. The smallest absolute Gasteiger partial charge is 0.188 e. The summed E-state index contributed by atoms with van der Waals surface area (Å²) in [4.78, 5) is 11.6. The van der Waals surface area contributed by atoms with Crippen molar-refractivity contribution in [3.63, 3.8) is 0 Å². The minimum Gasteiger partial charge on any atom is -0.292 e. The number of hydrogen-bond acceptors (Lipinski definition) is 4. The van der Waals surface area contributed by atoms with Crippen LogP contribution in [0.25, 0.3) is 0 Å². The lowest BCUT2D eigenvalue weighted by Gasteiger charge is -2.03. The minimum atomic E-state index is -3.97. The van der Waals surface area contributed by atoms with Gasteiger partial charge in [0.05, 0.1) is 9.77 Å². The number of carbonyl (C=O) groups is 1. The highest BCUT2D eigenvalue weighted by molar-refractivity contribution is 7.92. The van der Waals surface area contributed by atoms with Gasteiger partial charge in [0.1, 0.15) is 5.75 Å². The molecule has 7 heteroatoms. The highest BCUT2D eigenvalue weighted by Gasteiger charge is 2.22. The van der Waals surface area contributed by atoms with E-state index in [-0.39, 0.29) is 0 Å². The van der Waals surface area contributed by atoms with Crippen molar-refractivity contribution in [3.8, 4) is 0 Å². The van der Waals surface area contributed by atoms with E-state index in [1.165, 1.54) is 6.07 Å². The van der Waals surface area contributed by atoms with Crippen LogP contribution < -0.4 is 0 Å². The van der Waals surface area contributed by atoms with Gasteiger partial charge >= 0.3 is 0 Å². The number of ketones is 1. The molecule has 0 aliphatic heterocycles. The number of rotatable bonds is 4. The van der Waals surface area contributed by atoms with Crippen LogP contribution in [0, 0.1) is 11.6 Å². The second-order valence-corrected chi connectivity index (χ2v) is 6.67. The monoisotopic (exact) mass is 302 g/mol. The molecule has 2 aromatic rings. The van der Waals surface area contributed by atoms with Gasteiger partial charge in [0.25, 0.3) is 0 Å². The van der Waals surface area contributed by atoms with Crippen LogP contribution in [-0.2, 0) is 9.84 Å². The lowest BCUT2D eigenvalue weighted by molar-refractivity contribution is 0.102. The number of carbonyl (C=O) groups excluding carboxylic acids is 1. The summed E-state index contributed by atoms with van der Waals surface area (Å²) in [5.74, 6) is -3.73. The summed E-state index contributed by atoms with van der Waals surface area (Å²) >= 11 is 1.12. The van der Waals surface area contributed by atoms with Crippen molar-refractivity contribution < 1.29 is 22.0 Å². The Bertz CT molecular complexity index is 707. The Morgan fingerprint density at radius 2 is 1.89 bits per heavy atom. The molecule has 0 unspecified atom stereocenters. The molecular weight excluding hydrogens is 294 g/mol. The van der Waals surface area contributed by atoms with Gasteiger partial charge in [-0.05, 0) is 29.6 Å². The molecule has 19 heavy (non-hydrogen) atoms. The molecule has 0 amide bonds. The number of thiophene rings is 1. The van der Waals surface area contributed by atoms with E-state index in [1.54, 1.807) is 11.4 Å². The molecular formula is C12H8F2O3S2. The number of halogens is 2. The third-order valence-corrected chi connectivity index (χ3v) is 4.89. The van der Waals surface area contributed by atoms with E-state index in [1.807, 2.05) is 0 Å². The summed E-state index contributed by atoms with van der Waals surface area (Å²) in [5, 5.41) is 1.65. The zero-order chi connectivity index (χ0) is 14.0. The summed E-state index contributed by atoms with van der Waals surface area (Å²) in [6, 6.07) is 5.37. The number of sulfone groups is 1. The third kappa shape index (κ3) is 3.05. The molecule has 1 heterocycles. The van der Waals surface area contributed by atoms with Gasteiger partial charge in [-0.3, -0.25) is 4.79 Å². The van der Waals surface area contributed by atoms with Crippen molar-refractivity contribution in [2.24, 2.45) is 0 Å². The molecule has 0 N–H and O–H groups in total. The van der Waals surface area contributed by atoms with Crippen LogP contribution in [-0.4, -0.2) is 20.0 Å². The van der Waals surface area contributed by atoms with Gasteiger partial charge in [0.15, 0.2) is 27.3 Å². The second kappa shape index (κ2) is 5.18. The maximum absolute atomic E-state index is 13.0. The van der Waals surface area contributed by atoms with Crippen LogP contribution in [0.5, 0.6) is 0 Å². The van der Waals surface area contributed by atoms with Gasteiger partial charge in [0.2, 0.25) is 0 Å². The Morgan fingerprint density at radius 3 is 2.47 bits per heavy atom. The number of benzene rings is 1. The molecule has 0 saturated heterocycles. The van der Waals surface area contributed by atoms with E-state index in [0.717, 1.165) is 23.5 Å². The fourth-order valence-corrected chi connectivity index (χ4v) is 3.42. The molecule has 0 fully saturated rings. The van der Waals surface area contributed by atoms with E-state index in [4.69, 9.17) is 0 Å². The lowest BCUT2D eigenvalue weighted by Crippen LogP contribution is -2.15. The van der Waals surface area contributed by atoms with E-state index < -0.39 is 37.9 Å². The Morgan fingerprint density at radius 1 is 1.16 bits per heavy atom. The molecule has 0 saturated carbocycles. The Labute approximate surface area is 112 Å². The molecule has 0 radical (unpaired) electrons. The zero-order valence-electron chi connectivity index (χ0n) is 9.47. The SMILES string of the molecule is O=C(CS(=O)(=O)c1ccc(F)c(F)c1)c1cccs1. The second-order valence-electron chi connectivity index (χ2n) is 3.74. The molecule has 0 aliphatic rings. The first kappa shape index (κ1) is 13.8. The van der Waals surface area contributed by atoms with Gasteiger partial charge in [-0.15, -0.1) is 11.3 Å². The van der Waals surface area contributed by atoms with Crippen LogP contribution in [0.15, 0.2) is 40.6 Å². The van der Waals surface area contributed by atoms with E-state index in [9.17, 15) is 22.0 Å². The predicted molar refractivity (Wildman–Crippen MR) is 67.1 cm³/mol. The van der Waals surface area contributed by atoms with Crippen molar-refractivity contribution in [1.82, 2.24) is 0 Å². The van der Waals surface area contributed by atoms with Crippen molar-refractivity contribution >= 4 is 27.0 Å². The molecule has 3 nitrogen and oxygen atoms in total. The third-order valence-electron chi connectivity index (χ3n) is 2.37. The zero-order valence-corrected chi connectivity index (χ0v) is 11.1. The molecule has 0 spiro atoms. The Hall–Kier alpha value is -1.60. The van der Waals surface area contributed by atoms with Gasteiger partial charge in [-0.1, -0.05) is 6.07 Å². The normalized spacial score (nSPS) is 11.5. The molecule has 1 aromatic heterocycles. The van der Waals surface area contributed by atoms with Crippen LogP contribution in [0.4, 0.5) is 8.78 Å². The largest absolute Gasteiger partial charge is 0.292 e. The van der Waals surface area contributed by atoms with Crippen LogP contribution in [0.1, 0.15) is 9.67 Å². The van der Waals surface area contributed by atoms with Gasteiger partial charge in [-0.2, -0.15) is 0 Å². The van der Waals surface area contributed by atoms with Crippen molar-refractivity contribution in [2.75, 3.05) is 5.75 Å². The molecule has 100 valence electrons. The average Bonchev–Trinajstić information content (AvgIpc) is 2.85. The predicted octanol–water partition coefficient (Wildman–Crippen LogP) is 2.68. The highest BCUT2D eigenvalue weighted by Crippen LogP contribution is 2.18. The fourth-order valence-electron chi connectivity index (χ4n) is 1.43. The summed E-state index contributed by atoms with van der Waals surface area (Å²) in [5.41, 5.74) is 0. The summed E-state index contributed by atoms with van der Waals surface area (Å²) in [6.07, 6.45) is 0. The highest BCUT2D eigenvalue weighted by atomic mass is 32.2. The first-order valence-electron chi connectivity index (χ1n) is 5.14. The average molecular weight is 302 g/mol. The molecule has 0 aliphatic carbocycles. The van der Waals surface area contributed by atoms with Gasteiger partial charge < -0.3 is 0 Å². The minimum absolute atomic E-state index is 0.311. The van der Waals surface area contributed by atoms with Crippen LogP contribution in [0.2, 0.25) is 0 Å². The van der Waals surface area contributed by atoms with Crippen molar-refractivity contribution in [3.05, 3.63) is 52.2 Å². The van der Waals surface area contributed by atoms with Gasteiger partial charge in [0, 0.05) is 0 Å². The first-order valence-corrected chi connectivity index (χ1v) is 7.68. The molecule has 1 aromatic carbocycles. The van der Waals surface area contributed by atoms with Crippen LogP contribution in [0.3, 0.4) is 0 Å². The quantitative estimate of drug-likeness (QED) is 0.644. The fraction of sp³-hybridized carbons (Fsp3) is 0.0833. The van der Waals surface area contributed by atoms with Gasteiger partial charge in [-0.25, -0.2) is 17.2 Å². The topological polar surface area (TPSA) is 51.2 Å². The van der Waals surface area contributed by atoms with E-state index in [0.29, 0.717) is 10.9 Å². The summed E-state index contributed by atoms with van der Waals surface area (Å²) in [7, 11) is -3.97. The molecule has 0 atom stereocenters. The number of hydrogen-bond donors (Lipinski definition) is 0.